The van der Waals surface area contributed by atoms with E-state index in [1.54, 1.807) is 0 Å². The summed E-state index contributed by atoms with van der Waals surface area (Å²) in [6, 6.07) is 2.47. The number of aromatic nitrogens is 2. The number of hydrogen-bond acceptors (Lipinski definition) is 3. The van der Waals surface area contributed by atoms with Gasteiger partial charge in [0.2, 0.25) is 0 Å². The maximum absolute atomic E-state index is 12.7. The average molecular weight is 243 g/mol. The normalized spacial score (nSPS) is 11.2. The number of nitriles is 2. The number of hydrogen-bond donors (Lipinski definition) is 1. The van der Waals surface area contributed by atoms with Gasteiger partial charge in [0, 0.05) is 18.9 Å². The van der Waals surface area contributed by atoms with Crippen molar-refractivity contribution in [1.82, 2.24) is 9.97 Å². The first-order valence-electron chi connectivity index (χ1n) is 3.59. The van der Waals surface area contributed by atoms with Crippen molar-refractivity contribution in [2.24, 2.45) is 0 Å². The van der Waals surface area contributed by atoms with E-state index in [0.29, 0.717) is 0 Å². The molecule has 85 valence electrons. The van der Waals surface area contributed by atoms with Crippen molar-refractivity contribution < 1.29 is 22.0 Å². The maximum atomic E-state index is 12.7. The van der Waals surface area contributed by atoms with Crippen LogP contribution in [0.2, 0.25) is 0 Å². The van der Waals surface area contributed by atoms with E-state index < -0.39 is 29.3 Å². The summed E-state index contributed by atoms with van der Waals surface area (Å²) in [6.45, 7) is 0. The van der Waals surface area contributed by atoms with E-state index >= 15 is 0 Å². The quantitative estimate of drug-likeness (QED) is 0.598. The molecule has 1 heterocycles. The van der Waals surface area contributed by atoms with Crippen molar-refractivity contribution in [2.45, 2.75) is 12.1 Å². The molecule has 0 spiro atoms. The van der Waals surface area contributed by atoms with Crippen LogP contribution in [0.15, 0.2) is 0 Å². The number of nitrogens with zero attached hydrogens (tertiary/aromatic N) is 3. The van der Waals surface area contributed by atoms with Crippen LogP contribution < -0.4 is 0 Å². The van der Waals surface area contributed by atoms with Gasteiger partial charge in [-0.15, -0.1) is 0 Å². The first kappa shape index (κ1) is 15.4. The SMILES string of the molecule is N#Cc1nc(C(F)(F)C(F)(F)F)[nH]c1C#N.[Li]. The summed E-state index contributed by atoms with van der Waals surface area (Å²) in [5.74, 6) is -7.00. The van der Waals surface area contributed by atoms with Gasteiger partial charge in [0.15, 0.2) is 17.2 Å². The number of rotatable bonds is 1. The van der Waals surface area contributed by atoms with Gasteiger partial charge >= 0.3 is 12.1 Å². The van der Waals surface area contributed by atoms with Crippen molar-refractivity contribution in [3.63, 3.8) is 0 Å². The number of halogens is 5. The Balaban J connectivity index is 0.00000256. The van der Waals surface area contributed by atoms with E-state index in [0.717, 1.165) is 0 Å². The molecule has 0 aliphatic heterocycles. The minimum Gasteiger partial charge on any atom is -0.327 e. The van der Waals surface area contributed by atoms with Gasteiger partial charge in [0.05, 0.1) is 0 Å². The summed E-state index contributed by atoms with van der Waals surface area (Å²) < 4.78 is 61.1. The van der Waals surface area contributed by atoms with Gasteiger partial charge < -0.3 is 4.98 Å². The van der Waals surface area contributed by atoms with Crippen LogP contribution >= 0.6 is 0 Å². The van der Waals surface area contributed by atoms with Gasteiger partial charge in [-0.3, -0.25) is 0 Å². The van der Waals surface area contributed by atoms with Crippen molar-refractivity contribution in [2.75, 3.05) is 0 Å². The number of alkyl halides is 5. The van der Waals surface area contributed by atoms with Crippen molar-refractivity contribution in [3.05, 3.63) is 17.2 Å². The Kier molecular flexibility index (Phi) is 4.31. The monoisotopic (exact) mass is 243 g/mol. The van der Waals surface area contributed by atoms with E-state index in [1.165, 1.54) is 17.1 Å². The minimum absolute atomic E-state index is 0. The molecule has 0 fully saturated rings. The van der Waals surface area contributed by atoms with Crippen LogP contribution in [0.5, 0.6) is 0 Å². The molecule has 10 heteroatoms. The van der Waals surface area contributed by atoms with E-state index in [-0.39, 0.29) is 18.9 Å². The molecule has 1 radical (unpaired) electrons. The van der Waals surface area contributed by atoms with E-state index in [2.05, 4.69) is 4.98 Å². The fourth-order valence-corrected chi connectivity index (χ4v) is 0.818. The third-order valence-electron chi connectivity index (χ3n) is 1.57. The molecule has 0 aliphatic carbocycles. The molecule has 1 aromatic rings. The Bertz CT molecular complexity index is 460. The van der Waals surface area contributed by atoms with Crippen molar-refractivity contribution in [1.29, 1.82) is 10.5 Å². The van der Waals surface area contributed by atoms with Crippen molar-refractivity contribution in [3.8, 4) is 12.1 Å². The minimum atomic E-state index is -5.84. The molecule has 0 unspecified atom stereocenters. The van der Waals surface area contributed by atoms with Crippen LogP contribution in [-0.2, 0) is 5.92 Å². The summed E-state index contributed by atoms with van der Waals surface area (Å²) in [5.41, 5.74) is -1.54. The summed E-state index contributed by atoms with van der Waals surface area (Å²) in [5, 5.41) is 16.7. The third-order valence-corrected chi connectivity index (χ3v) is 1.57. The molecule has 0 atom stereocenters. The predicted octanol–water partition coefficient (Wildman–Crippen LogP) is 1.43. The topological polar surface area (TPSA) is 76.3 Å². The second-order valence-corrected chi connectivity index (χ2v) is 2.60. The summed E-state index contributed by atoms with van der Waals surface area (Å²) in [4.78, 5) is 4.19. The largest absolute Gasteiger partial charge is 0.461 e. The molecule has 0 aromatic carbocycles. The van der Waals surface area contributed by atoms with Crippen LogP contribution in [0.1, 0.15) is 17.2 Å². The smallest absolute Gasteiger partial charge is 0.327 e. The number of nitrogens with one attached hydrogen (secondary N) is 1. The first-order chi connectivity index (χ1) is 7.24. The summed E-state index contributed by atoms with van der Waals surface area (Å²) in [7, 11) is 0. The van der Waals surface area contributed by atoms with Crippen LogP contribution in [0.3, 0.4) is 0 Å². The first-order valence-corrected chi connectivity index (χ1v) is 3.59. The summed E-state index contributed by atoms with van der Waals surface area (Å²) >= 11 is 0. The fourth-order valence-electron chi connectivity index (χ4n) is 0.818. The average Bonchev–Trinajstić information content (AvgIpc) is 2.59. The molecule has 17 heavy (non-hydrogen) atoms. The Hall–Kier alpha value is -1.56. The van der Waals surface area contributed by atoms with Crippen molar-refractivity contribution >= 4 is 18.9 Å². The van der Waals surface area contributed by atoms with Crippen LogP contribution in [0.25, 0.3) is 0 Å². The standard InChI is InChI=1S/C7HF5N4.Li/c8-6(9,7(10,11)12)5-15-3(1-13)4(2-14)16-5;/h(H,15,16);. The Labute approximate surface area is 103 Å². The van der Waals surface area contributed by atoms with Gasteiger partial charge in [-0.2, -0.15) is 32.5 Å². The van der Waals surface area contributed by atoms with Crippen LogP contribution in [0, 0.1) is 22.7 Å². The third kappa shape index (κ3) is 2.58. The van der Waals surface area contributed by atoms with Gasteiger partial charge in [-0.25, -0.2) is 4.98 Å². The Morgan fingerprint density at radius 2 is 1.59 bits per heavy atom. The molecule has 0 bridgehead atoms. The second-order valence-electron chi connectivity index (χ2n) is 2.60. The zero-order valence-corrected chi connectivity index (χ0v) is 8.23. The summed E-state index contributed by atoms with van der Waals surface area (Å²) in [6.07, 6.45) is -5.84. The molecule has 0 saturated carbocycles. The van der Waals surface area contributed by atoms with Crippen LogP contribution in [0.4, 0.5) is 22.0 Å². The molecular weight excluding hydrogens is 242 g/mol. The van der Waals surface area contributed by atoms with Gasteiger partial charge in [-0.05, 0) is 0 Å². The van der Waals surface area contributed by atoms with E-state index in [1.807, 2.05) is 0 Å². The Morgan fingerprint density at radius 1 is 1.06 bits per heavy atom. The molecular formula is C7HF5LiN4. The fraction of sp³-hybridized carbons (Fsp3) is 0.286. The zero-order chi connectivity index (χ0) is 12.6. The molecule has 0 aliphatic rings. The second kappa shape index (κ2) is 4.75. The molecule has 1 N–H and O–H groups in total. The maximum Gasteiger partial charge on any atom is 0.461 e. The zero-order valence-electron chi connectivity index (χ0n) is 8.23. The van der Waals surface area contributed by atoms with E-state index in [9.17, 15) is 22.0 Å². The van der Waals surface area contributed by atoms with Gasteiger partial charge in [0.1, 0.15) is 12.1 Å². The molecule has 1 aromatic heterocycles. The number of imidazole rings is 1. The predicted molar refractivity (Wildman–Crippen MR) is 43.7 cm³/mol. The van der Waals surface area contributed by atoms with Gasteiger partial charge in [0.25, 0.3) is 0 Å². The molecule has 0 saturated heterocycles. The molecule has 4 nitrogen and oxygen atoms in total. The molecule has 0 amide bonds. The van der Waals surface area contributed by atoms with Crippen LogP contribution in [-0.4, -0.2) is 35.0 Å². The Morgan fingerprint density at radius 3 is 1.88 bits per heavy atom. The van der Waals surface area contributed by atoms with Gasteiger partial charge in [-0.1, -0.05) is 0 Å². The number of H-pyrrole nitrogens is 1. The molecule has 1 rings (SSSR count). The number of aromatic amines is 1. The van der Waals surface area contributed by atoms with E-state index in [4.69, 9.17) is 10.5 Å².